The maximum absolute atomic E-state index is 12.9. The Bertz CT molecular complexity index is 974. The fraction of sp³-hybridized carbons (Fsp3) is 0.385. The predicted molar refractivity (Wildman–Crippen MR) is 123 cm³/mol. The number of carbonyl (C=O) groups excluding carboxylic acids is 1. The molecule has 0 spiro atoms. The average molecular weight is 434 g/mol. The Labute approximate surface area is 189 Å². The van der Waals surface area contributed by atoms with Crippen molar-refractivity contribution in [3.8, 4) is 5.75 Å². The molecule has 1 saturated heterocycles. The fourth-order valence-corrected chi connectivity index (χ4v) is 4.27. The second kappa shape index (κ2) is 11.0. The van der Waals surface area contributed by atoms with E-state index in [4.69, 9.17) is 9.26 Å². The van der Waals surface area contributed by atoms with Gasteiger partial charge in [-0.15, -0.1) is 0 Å². The molecule has 0 bridgehead atoms. The molecule has 2 atom stereocenters. The first-order valence-electron chi connectivity index (χ1n) is 11.3. The van der Waals surface area contributed by atoms with Crippen LogP contribution in [0, 0.1) is 11.8 Å². The van der Waals surface area contributed by atoms with Gasteiger partial charge in [0, 0.05) is 26.1 Å². The van der Waals surface area contributed by atoms with Gasteiger partial charge in [0.15, 0.2) is 5.76 Å². The highest BCUT2D eigenvalue weighted by atomic mass is 16.5. The second-order valence-corrected chi connectivity index (χ2v) is 8.54. The van der Waals surface area contributed by atoms with E-state index in [0.717, 1.165) is 42.9 Å². The van der Waals surface area contributed by atoms with Gasteiger partial charge in [0.2, 0.25) is 5.91 Å². The van der Waals surface area contributed by atoms with Crippen LogP contribution in [0.3, 0.4) is 0 Å². The molecule has 4 rings (SSSR count). The topological polar surface area (TPSA) is 67.6 Å². The lowest BCUT2D eigenvalue weighted by Crippen LogP contribution is -2.40. The molecule has 6 nitrogen and oxygen atoms in total. The number of ether oxygens (including phenoxy) is 1. The zero-order chi connectivity index (χ0) is 22.2. The molecular weight excluding hydrogens is 402 g/mol. The van der Waals surface area contributed by atoms with Gasteiger partial charge in [0.25, 0.3) is 0 Å². The Hall–Kier alpha value is -3.12. The number of nitrogens with one attached hydrogen (secondary N) is 1. The summed E-state index contributed by atoms with van der Waals surface area (Å²) in [7, 11) is 1.89. The van der Waals surface area contributed by atoms with Crippen molar-refractivity contribution < 1.29 is 14.1 Å². The highest BCUT2D eigenvalue weighted by molar-refractivity contribution is 5.76. The minimum absolute atomic E-state index is 0.197. The Morgan fingerprint density at radius 1 is 1.12 bits per heavy atom. The Balaban J connectivity index is 1.30. The van der Waals surface area contributed by atoms with Crippen LogP contribution in [-0.2, 0) is 24.4 Å². The van der Waals surface area contributed by atoms with Gasteiger partial charge in [-0.25, -0.2) is 0 Å². The summed E-state index contributed by atoms with van der Waals surface area (Å²) < 4.78 is 11.2. The molecule has 2 aromatic carbocycles. The van der Waals surface area contributed by atoms with Crippen LogP contribution in [0.15, 0.2) is 71.3 Å². The summed E-state index contributed by atoms with van der Waals surface area (Å²) in [6, 6.07) is 21.8. The fourth-order valence-electron chi connectivity index (χ4n) is 4.27. The van der Waals surface area contributed by atoms with Crippen LogP contribution >= 0.6 is 0 Å². The zero-order valence-corrected chi connectivity index (χ0v) is 18.6. The number of hydrogen-bond acceptors (Lipinski definition) is 5. The number of para-hydroxylation sites is 1. The van der Waals surface area contributed by atoms with Gasteiger partial charge in [-0.2, -0.15) is 0 Å². The zero-order valence-electron chi connectivity index (χ0n) is 18.6. The van der Waals surface area contributed by atoms with E-state index < -0.39 is 0 Å². The van der Waals surface area contributed by atoms with Gasteiger partial charge in [-0.05, 0) is 55.5 Å². The summed E-state index contributed by atoms with van der Waals surface area (Å²) in [6.07, 6.45) is 2.36. The van der Waals surface area contributed by atoms with Crippen molar-refractivity contribution in [2.75, 3.05) is 20.1 Å². The molecule has 1 fully saturated rings. The van der Waals surface area contributed by atoms with E-state index in [-0.39, 0.29) is 5.91 Å². The molecule has 1 aliphatic heterocycles. The lowest BCUT2D eigenvalue weighted by atomic mass is 9.81. The Morgan fingerprint density at radius 3 is 2.66 bits per heavy atom. The summed E-state index contributed by atoms with van der Waals surface area (Å²) in [5, 5.41) is 7.72. The highest BCUT2D eigenvalue weighted by Gasteiger charge is 2.29. The quantitative estimate of drug-likeness (QED) is 0.551. The van der Waals surface area contributed by atoms with E-state index >= 15 is 0 Å². The predicted octanol–water partition coefficient (Wildman–Crippen LogP) is 4.07. The average Bonchev–Trinajstić information content (AvgIpc) is 3.27. The van der Waals surface area contributed by atoms with Crippen LogP contribution < -0.4 is 10.1 Å². The Morgan fingerprint density at radius 2 is 1.88 bits per heavy atom. The molecule has 168 valence electrons. The van der Waals surface area contributed by atoms with Crippen molar-refractivity contribution in [2.45, 2.75) is 32.4 Å². The van der Waals surface area contributed by atoms with Crippen molar-refractivity contribution in [1.29, 1.82) is 0 Å². The SMILES string of the molecule is CN(Cc1ccccc1)C(=O)CC1CCNCC1Cc1cc(COc2ccccc2)on1. The van der Waals surface area contributed by atoms with Gasteiger partial charge < -0.3 is 19.5 Å². The number of piperidine rings is 1. The molecule has 1 amide bonds. The molecule has 2 unspecified atom stereocenters. The van der Waals surface area contributed by atoms with Crippen LogP contribution in [0.25, 0.3) is 0 Å². The summed E-state index contributed by atoms with van der Waals surface area (Å²) in [6.45, 7) is 2.84. The van der Waals surface area contributed by atoms with Crippen LogP contribution in [0.5, 0.6) is 5.75 Å². The van der Waals surface area contributed by atoms with E-state index in [1.807, 2.05) is 66.5 Å². The minimum Gasteiger partial charge on any atom is -0.486 e. The van der Waals surface area contributed by atoms with Gasteiger partial charge in [0.05, 0.1) is 5.69 Å². The molecular formula is C26H31N3O3. The third-order valence-electron chi connectivity index (χ3n) is 6.09. The number of amides is 1. The Kier molecular flexibility index (Phi) is 7.56. The van der Waals surface area contributed by atoms with Gasteiger partial charge >= 0.3 is 0 Å². The first kappa shape index (κ1) is 22.1. The van der Waals surface area contributed by atoms with E-state index in [2.05, 4.69) is 22.6 Å². The molecule has 1 aromatic heterocycles. The monoisotopic (exact) mass is 433 g/mol. The summed E-state index contributed by atoms with van der Waals surface area (Å²) in [4.78, 5) is 14.7. The standard InChI is InChI=1S/C26H31N3O3/c1-29(18-20-8-4-2-5-9-20)26(30)15-21-12-13-27-17-22(21)14-23-16-25(32-28-23)19-31-24-10-6-3-7-11-24/h2-11,16,21-22,27H,12-15,17-19H2,1H3. The van der Waals surface area contributed by atoms with Crippen molar-refractivity contribution in [1.82, 2.24) is 15.4 Å². The van der Waals surface area contributed by atoms with Crippen LogP contribution in [0.1, 0.15) is 29.9 Å². The number of hydrogen-bond donors (Lipinski definition) is 1. The summed E-state index contributed by atoms with van der Waals surface area (Å²) in [5.41, 5.74) is 2.07. The molecule has 1 N–H and O–H groups in total. The van der Waals surface area contributed by atoms with Crippen LogP contribution in [0.4, 0.5) is 0 Å². The molecule has 1 aliphatic rings. The van der Waals surface area contributed by atoms with E-state index in [0.29, 0.717) is 37.2 Å². The molecule has 0 radical (unpaired) electrons. The molecule has 0 saturated carbocycles. The third kappa shape index (κ3) is 6.20. The number of rotatable bonds is 9. The van der Waals surface area contributed by atoms with Gasteiger partial charge in [0.1, 0.15) is 12.4 Å². The number of benzene rings is 2. The normalized spacial score (nSPS) is 18.3. The molecule has 2 heterocycles. The van der Waals surface area contributed by atoms with Crippen LogP contribution in [-0.4, -0.2) is 36.1 Å². The largest absolute Gasteiger partial charge is 0.486 e. The molecule has 32 heavy (non-hydrogen) atoms. The van der Waals surface area contributed by atoms with E-state index in [1.165, 1.54) is 0 Å². The summed E-state index contributed by atoms with van der Waals surface area (Å²) >= 11 is 0. The molecule has 0 aliphatic carbocycles. The maximum atomic E-state index is 12.9. The second-order valence-electron chi connectivity index (χ2n) is 8.54. The van der Waals surface area contributed by atoms with Gasteiger partial charge in [-0.3, -0.25) is 4.79 Å². The van der Waals surface area contributed by atoms with Crippen LogP contribution in [0.2, 0.25) is 0 Å². The summed E-state index contributed by atoms with van der Waals surface area (Å²) in [5.74, 6) is 2.40. The molecule has 3 aromatic rings. The number of nitrogens with zero attached hydrogens (tertiary/aromatic N) is 2. The first-order chi connectivity index (χ1) is 15.7. The number of aromatic nitrogens is 1. The smallest absolute Gasteiger partial charge is 0.222 e. The first-order valence-corrected chi connectivity index (χ1v) is 11.3. The lowest BCUT2D eigenvalue weighted by Gasteiger charge is -2.32. The van der Waals surface area contributed by atoms with E-state index in [1.54, 1.807) is 0 Å². The van der Waals surface area contributed by atoms with Gasteiger partial charge in [-0.1, -0.05) is 53.7 Å². The van der Waals surface area contributed by atoms with E-state index in [9.17, 15) is 4.79 Å². The minimum atomic E-state index is 0.197. The van der Waals surface area contributed by atoms with Crippen molar-refractivity contribution in [3.05, 3.63) is 83.7 Å². The number of carbonyl (C=O) groups is 1. The van der Waals surface area contributed by atoms with Crippen molar-refractivity contribution in [3.63, 3.8) is 0 Å². The highest BCUT2D eigenvalue weighted by Crippen LogP contribution is 2.27. The third-order valence-corrected chi connectivity index (χ3v) is 6.09. The van der Waals surface area contributed by atoms with Crippen molar-refractivity contribution >= 4 is 5.91 Å². The maximum Gasteiger partial charge on any atom is 0.222 e. The lowest BCUT2D eigenvalue weighted by molar-refractivity contribution is -0.132. The molecule has 6 heteroatoms. The van der Waals surface area contributed by atoms with Crippen molar-refractivity contribution in [2.24, 2.45) is 11.8 Å².